The van der Waals surface area contributed by atoms with Gasteiger partial charge in [0.05, 0.1) is 6.54 Å². The van der Waals surface area contributed by atoms with Gasteiger partial charge in [-0.2, -0.15) is 0 Å². The van der Waals surface area contributed by atoms with Gasteiger partial charge in [-0.1, -0.05) is 25.5 Å². The predicted octanol–water partition coefficient (Wildman–Crippen LogP) is 2.86. The quantitative estimate of drug-likeness (QED) is 0.268. The molecule has 1 aromatic carbocycles. The highest BCUT2D eigenvalue weighted by atomic mass is 127. The highest BCUT2D eigenvalue weighted by Gasteiger charge is 2.09. The molecule has 1 amide bonds. The highest BCUT2D eigenvalue weighted by molar-refractivity contribution is 14.0. The third-order valence-electron chi connectivity index (χ3n) is 4.16. The molecule has 6 nitrogen and oxygen atoms in total. The van der Waals surface area contributed by atoms with E-state index in [1.54, 1.807) is 19.0 Å². The van der Waals surface area contributed by atoms with Crippen LogP contribution in [0.4, 0.5) is 0 Å². The Hall–Kier alpha value is -1.35. The van der Waals surface area contributed by atoms with Gasteiger partial charge < -0.3 is 20.6 Å². The van der Waals surface area contributed by atoms with Crippen molar-refractivity contribution in [3.05, 3.63) is 35.4 Å². The maximum Gasteiger partial charge on any atom is 0.253 e. The molecule has 3 N–H and O–H groups in total. The minimum Gasteiger partial charge on any atom is -0.396 e. The van der Waals surface area contributed by atoms with E-state index in [-0.39, 0.29) is 36.5 Å². The van der Waals surface area contributed by atoms with E-state index in [9.17, 15) is 9.90 Å². The molecule has 154 valence electrons. The van der Waals surface area contributed by atoms with Crippen molar-refractivity contribution in [2.45, 2.75) is 39.7 Å². The Bertz CT molecular complexity index is 556. The smallest absolute Gasteiger partial charge is 0.253 e. The number of aliphatic imine (C=N–C) groups is 1. The van der Waals surface area contributed by atoms with Crippen LogP contribution in [0.3, 0.4) is 0 Å². The number of halogens is 1. The lowest BCUT2D eigenvalue weighted by molar-refractivity contribution is 0.0827. The molecule has 1 rings (SSSR count). The molecule has 0 radical (unpaired) electrons. The Morgan fingerprint density at radius 2 is 1.81 bits per heavy atom. The van der Waals surface area contributed by atoms with Crippen molar-refractivity contribution in [1.29, 1.82) is 0 Å². The fourth-order valence-electron chi connectivity index (χ4n) is 2.70. The fourth-order valence-corrected chi connectivity index (χ4v) is 2.70. The monoisotopic (exact) mass is 490 g/mol. The summed E-state index contributed by atoms with van der Waals surface area (Å²) in [5.74, 6) is 1.23. The number of benzene rings is 1. The normalized spacial score (nSPS) is 12.1. The molecule has 0 aliphatic rings. The Morgan fingerprint density at radius 3 is 2.33 bits per heavy atom. The van der Waals surface area contributed by atoms with Crippen LogP contribution < -0.4 is 10.6 Å². The van der Waals surface area contributed by atoms with Gasteiger partial charge in [-0.25, -0.2) is 4.99 Å². The van der Waals surface area contributed by atoms with Gasteiger partial charge in [0, 0.05) is 39.4 Å². The highest BCUT2D eigenvalue weighted by Crippen LogP contribution is 2.10. The van der Waals surface area contributed by atoms with E-state index >= 15 is 0 Å². The van der Waals surface area contributed by atoms with Gasteiger partial charge in [0.15, 0.2) is 5.96 Å². The zero-order valence-corrected chi connectivity index (χ0v) is 19.3. The van der Waals surface area contributed by atoms with Crippen LogP contribution in [0.2, 0.25) is 0 Å². The lowest BCUT2D eigenvalue weighted by atomic mass is 10.0. The molecule has 0 fully saturated rings. The SMILES string of the molecule is CCCC(CCO)CNC(=NCc1ccc(C(=O)N(C)C)cc1)NCC.I. The van der Waals surface area contributed by atoms with Crippen molar-refractivity contribution in [2.75, 3.05) is 33.8 Å². The second-order valence-corrected chi connectivity index (χ2v) is 6.64. The Morgan fingerprint density at radius 1 is 1.15 bits per heavy atom. The van der Waals surface area contributed by atoms with Crippen molar-refractivity contribution in [2.24, 2.45) is 10.9 Å². The number of amides is 1. The summed E-state index contributed by atoms with van der Waals surface area (Å²) in [4.78, 5) is 18.1. The van der Waals surface area contributed by atoms with E-state index < -0.39 is 0 Å². The van der Waals surface area contributed by atoms with Crippen molar-refractivity contribution in [1.82, 2.24) is 15.5 Å². The number of nitrogens with one attached hydrogen (secondary N) is 2. The molecular weight excluding hydrogens is 455 g/mol. The summed E-state index contributed by atoms with van der Waals surface area (Å²) in [7, 11) is 3.50. The van der Waals surface area contributed by atoms with Crippen LogP contribution in [0, 0.1) is 5.92 Å². The number of carbonyl (C=O) groups is 1. The van der Waals surface area contributed by atoms with Crippen molar-refractivity contribution >= 4 is 35.8 Å². The van der Waals surface area contributed by atoms with E-state index in [2.05, 4.69) is 22.5 Å². The first kappa shape index (κ1) is 25.6. The molecule has 0 aromatic heterocycles. The zero-order chi connectivity index (χ0) is 19.4. The second kappa shape index (κ2) is 14.7. The first-order valence-electron chi connectivity index (χ1n) is 9.45. The molecule has 0 bridgehead atoms. The third-order valence-corrected chi connectivity index (χ3v) is 4.16. The van der Waals surface area contributed by atoms with E-state index in [1.807, 2.05) is 31.2 Å². The standard InChI is InChI=1S/C20H34N4O2.HI/c1-5-7-16(12-13-25)14-22-20(21-6-2)23-15-17-8-10-18(11-9-17)19(26)24(3)4;/h8-11,16,25H,5-7,12-15H2,1-4H3,(H2,21,22,23);1H. The topological polar surface area (TPSA) is 77.0 Å². The van der Waals surface area contributed by atoms with Gasteiger partial charge >= 0.3 is 0 Å². The summed E-state index contributed by atoms with van der Waals surface area (Å²) in [5, 5.41) is 15.8. The summed E-state index contributed by atoms with van der Waals surface area (Å²) in [5.41, 5.74) is 1.73. The first-order valence-corrected chi connectivity index (χ1v) is 9.45. The van der Waals surface area contributed by atoms with Crippen molar-refractivity contribution in [3.63, 3.8) is 0 Å². The summed E-state index contributed by atoms with van der Waals surface area (Å²) in [6, 6.07) is 7.56. The van der Waals surface area contributed by atoms with E-state index in [1.165, 1.54) is 0 Å². The lowest BCUT2D eigenvalue weighted by Gasteiger charge is -2.18. The zero-order valence-electron chi connectivity index (χ0n) is 17.0. The lowest BCUT2D eigenvalue weighted by Crippen LogP contribution is -2.40. The first-order chi connectivity index (χ1) is 12.5. The van der Waals surface area contributed by atoms with Gasteiger partial charge in [0.25, 0.3) is 5.91 Å². The molecule has 1 unspecified atom stereocenters. The molecule has 0 spiro atoms. The number of nitrogens with zero attached hydrogens (tertiary/aromatic N) is 2. The molecule has 0 saturated heterocycles. The second-order valence-electron chi connectivity index (χ2n) is 6.64. The van der Waals surface area contributed by atoms with Gasteiger partial charge in [0.1, 0.15) is 0 Å². The maximum absolute atomic E-state index is 11.9. The molecule has 0 saturated carbocycles. The summed E-state index contributed by atoms with van der Waals surface area (Å²) >= 11 is 0. The minimum absolute atomic E-state index is 0. The molecule has 27 heavy (non-hydrogen) atoms. The molecule has 0 aliphatic heterocycles. The number of guanidine groups is 1. The van der Waals surface area contributed by atoms with Crippen LogP contribution in [-0.4, -0.2) is 55.7 Å². The number of rotatable bonds is 10. The van der Waals surface area contributed by atoms with Gasteiger partial charge in [-0.15, -0.1) is 24.0 Å². The summed E-state index contributed by atoms with van der Waals surface area (Å²) < 4.78 is 0. The number of aliphatic hydroxyl groups is 1. The van der Waals surface area contributed by atoms with Crippen LogP contribution >= 0.6 is 24.0 Å². The Balaban J connectivity index is 0.00000676. The number of hydrogen-bond donors (Lipinski definition) is 3. The molecule has 1 aromatic rings. The third kappa shape index (κ3) is 9.95. The molecule has 0 heterocycles. The number of aliphatic hydroxyl groups excluding tert-OH is 1. The fraction of sp³-hybridized carbons (Fsp3) is 0.600. The number of carbonyl (C=O) groups excluding carboxylic acids is 1. The van der Waals surface area contributed by atoms with Gasteiger partial charge in [-0.3, -0.25) is 4.79 Å². The Kier molecular flexibility index (Phi) is 13.9. The predicted molar refractivity (Wildman–Crippen MR) is 123 cm³/mol. The van der Waals surface area contributed by atoms with Gasteiger partial charge in [0.2, 0.25) is 0 Å². The van der Waals surface area contributed by atoms with Crippen LogP contribution in [-0.2, 0) is 6.54 Å². The Labute approximate surface area is 180 Å². The van der Waals surface area contributed by atoms with Crippen LogP contribution in [0.5, 0.6) is 0 Å². The summed E-state index contributed by atoms with van der Waals surface area (Å²) in [6.07, 6.45) is 3.01. The van der Waals surface area contributed by atoms with Crippen LogP contribution in [0.1, 0.15) is 49.0 Å². The van der Waals surface area contributed by atoms with E-state index in [4.69, 9.17) is 0 Å². The van der Waals surface area contributed by atoms with E-state index in [0.29, 0.717) is 18.0 Å². The van der Waals surface area contributed by atoms with Gasteiger partial charge in [-0.05, 0) is 43.4 Å². The molecular formula is C20H35IN4O2. The average molecular weight is 490 g/mol. The summed E-state index contributed by atoms with van der Waals surface area (Å²) in [6.45, 7) is 6.56. The molecule has 7 heteroatoms. The maximum atomic E-state index is 11.9. The van der Waals surface area contributed by atoms with Crippen molar-refractivity contribution < 1.29 is 9.90 Å². The van der Waals surface area contributed by atoms with Crippen LogP contribution in [0.15, 0.2) is 29.3 Å². The molecule has 1 atom stereocenters. The largest absolute Gasteiger partial charge is 0.396 e. The number of hydrogen-bond acceptors (Lipinski definition) is 3. The van der Waals surface area contributed by atoms with Crippen molar-refractivity contribution in [3.8, 4) is 0 Å². The van der Waals surface area contributed by atoms with E-state index in [0.717, 1.165) is 43.9 Å². The van der Waals surface area contributed by atoms with Crippen LogP contribution in [0.25, 0.3) is 0 Å². The minimum atomic E-state index is 0. The molecule has 0 aliphatic carbocycles. The average Bonchev–Trinajstić information content (AvgIpc) is 2.64.